The Morgan fingerprint density at radius 2 is 2.00 bits per heavy atom. The van der Waals surface area contributed by atoms with Crippen LogP contribution in [0, 0.1) is 0 Å². The van der Waals surface area contributed by atoms with Crippen molar-refractivity contribution in [3.8, 4) is 0 Å². The van der Waals surface area contributed by atoms with Crippen LogP contribution in [0.3, 0.4) is 0 Å². The van der Waals surface area contributed by atoms with Gasteiger partial charge in [0.15, 0.2) is 12.6 Å². The van der Waals surface area contributed by atoms with Gasteiger partial charge in [0.2, 0.25) is 0 Å². The van der Waals surface area contributed by atoms with Crippen LogP contribution in [0.25, 0.3) is 0 Å². The van der Waals surface area contributed by atoms with E-state index in [0.717, 1.165) is 0 Å². The number of nitrogens with zero attached hydrogens (tertiary/aromatic N) is 3. The summed E-state index contributed by atoms with van der Waals surface area (Å²) in [5.41, 5.74) is -0.689. The zero-order valence-electron chi connectivity index (χ0n) is 11.1. The third kappa shape index (κ3) is 4.45. The van der Waals surface area contributed by atoms with E-state index in [1.54, 1.807) is 0 Å². The van der Waals surface area contributed by atoms with Crippen molar-refractivity contribution in [3.63, 3.8) is 0 Å². The van der Waals surface area contributed by atoms with E-state index in [4.69, 9.17) is 26.1 Å². The predicted octanol–water partition coefficient (Wildman–Crippen LogP) is -3.55. The zero-order valence-corrected chi connectivity index (χ0v) is 12.1. The molecule has 0 amide bonds. The molecular weight excluding hydrogens is 270 g/mol. The maximum Gasteiger partial charge on any atom is 0.497 e. The first-order valence-corrected chi connectivity index (χ1v) is 7.92. The molecule has 1 aliphatic heterocycles. The molecule has 9 N–H and O–H groups in total. The van der Waals surface area contributed by atoms with Crippen molar-refractivity contribution in [2.75, 3.05) is 13.1 Å². The Labute approximate surface area is 113 Å². The molecule has 0 aromatic heterocycles. The fourth-order valence-corrected chi connectivity index (χ4v) is 1.93. The van der Waals surface area contributed by atoms with Crippen LogP contribution in [0.1, 0.15) is 13.8 Å². The van der Waals surface area contributed by atoms with Crippen molar-refractivity contribution in [1.82, 2.24) is 20.7 Å². The average molecular weight is 293 g/mol. The number of nitrogens with one attached hydrogen (secondary N) is 2. The average Bonchev–Trinajstić information content (AvgIpc) is 2.31. The van der Waals surface area contributed by atoms with E-state index in [1.807, 2.05) is 6.92 Å². The van der Waals surface area contributed by atoms with Crippen molar-refractivity contribution in [2.45, 2.75) is 32.0 Å². The highest BCUT2D eigenvalue weighted by Crippen LogP contribution is 2.12. The number of hydrogen-bond acceptors (Lipinski definition) is 10. The molecule has 10 nitrogen and oxygen atoms in total. The molecule has 0 aliphatic carbocycles. The summed E-state index contributed by atoms with van der Waals surface area (Å²) in [6, 6.07) is 0. The van der Waals surface area contributed by atoms with Gasteiger partial charge < -0.3 is 14.4 Å². The Morgan fingerprint density at radius 1 is 1.37 bits per heavy atom. The molecular formula is C8H23N7O3Si. The fourth-order valence-electron chi connectivity index (χ4n) is 1.54. The molecule has 1 aliphatic rings. The minimum absolute atomic E-state index is 0.147. The summed E-state index contributed by atoms with van der Waals surface area (Å²) in [4.78, 5) is 31.6. The molecule has 0 bridgehead atoms. The SMILES string of the molecule is CCNC1N=CN(N)C(NCC(C)[Si](O)(O)O)N1N. The van der Waals surface area contributed by atoms with Gasteiger partial charge in [0, 0.05) is 12.1 Å². The summed E-state index contributed by atoms with van der Waals surface area (Å²) in [7, 11) is -4.15. The molecule has 0 radical (unpaired) electrons. The highest BCUT2D eigenvalue weighted by atomic mass is 28.4. The van der Waals surface area contributed by atoms with E-state index in [-0.39, 0.29) is 6.54 Å². The van der Waals surface area contributed by atoms with Crippen LogP contribution in [-0.4, -0.2) is 65.2 Å². The van der Waals surface area contributed by atoms with Crippen LogP contribution >= 0.6 is 0 Å². The first-order chi connectivity index (χ1) is 8.77. The van der Waals surface area contributed by atoms with Gasteiger partial charge >= 0.3 is 8.80 Å². The molecule has 0 saturated heterocycles. The molecule has 0 fully saturated rings. The van der Waals surface area contributed by atoms with Gasteiger partial charge in [-0.25, -0.2) is 10.8 Å². The molecule has 0 saturated carbocycles. The van der Waals surface area contributed by atoms with Crippen molar-refractivity contribution in [2.24, 2.45) is 16.7 Å². The first kappa shape index (κ1) is 16.4. The second-order valence-corrected chi connectivity index (χ2v) is 6.82. The largest absolute Gasteiger partial charge is 0.497 e. The van der Waals surface area contributed by atoms with Gasteiger partial charge in [0.25, 0.3) is 0 Å². The van der Waals surface area contributed by atoms with Gasteiger partial charge in [0.05, 0.1) is 0 Å². The Balaban J connectivity index is 2.59. The molecule has 1 rings (SSSR count). The molecule has 11 heteroatoms. The smallest absolute Gasteiger partial charge is 0.390 e. The standard InChI is InChI=1S/C8H23N7O3Si/c1-3-11-7-13-5-14(9)8(15(7)10)12-4-6(2)19(16,17)18/h5-8,11-12,16-18H,3-4,9-10H2,1-2H3. The summed E-state index contributed by atoms with van der Waals surface area (Å²) in [5.74, 6) is 11.6. The van der Waals surface area contributed by atoms with Gasteiger partial charge in [-0.1, -0.05) is 13.8 Å². The predicted molar refractivity (Wildman–Crippen MR) is 71.6 cm³/mol. The zero-order chi connectivity index (χ0) is 14.6. The summed E-state index contributed by atoms with van der Waals surface area (Å²) in [6.45, 7) is 4.28. The quantitative estimate of drug-likeness (QED) is 0.195. The summed E-state index contributed by atoms with van der Waals surface area (Å²) in [5, 5.41) is 8.61. The van der Waals surface area contributed by atoms with E-state index in [9.17, 15) is 0 Å². The van der Waals surface area contributed by atoms with E-state index in [0.29, 0.717) is 6.54 Å². The lowest BCUT2D eigenvalue weighted by Gasteiger charge is -2.40. The monoisotopic (exact) mass is 293 g/mol. The third-order valence-electron chi connectivity index (χ3n) is 2.84. The number of hydrogen-bond donors (Lipinski definition) is 7. The van der Waals surface area contributed by atoms with Crippen molar-refractivity contribution in [3.05, 3.63) is 0 Å². The highest BCUT2D eigenvalue weighted by Gasteiger charge is 2.37. The van der Waals surface area contributed by atoms with E-state index in [1.165, 1.54) is 23.3 Å². The van der Waals surface area contributed by atoms with Gasteiger partial charge in [-0.3, -0.25) is 21.5 Å². The first-order valence-electron chi connectivity index (χ1n) is 6.00. The number of nitrogens with two attached hydrogens (primary N) is 2. The second-order valence-electron chi connectivity index (χ2n) is 4.46. The Hall–Kier alpha value is -0.633. The maximum absolute atomic E-state index is 9.17. The normalized spacial score (nSPS) is 26.8. The van der Waals surface area contributed by atoms with Crippen LogP contribution in [0.5, 0.6) is 0 Å². The molecule has 19 heavy (non-hydrogen) atoms. The Morgan fingerprint density at radius 3 is 2.53 bits per heavy atom. The lowest BCUT2D eigenvalue weighted by atomic mass is 10.4. The van der Waals surface area contributed by atoms with Crippen LogP contribution in [0.15, 0.2) is 4.99 Å². The van der Waals surface area contributed by atoms with Crippen molar-refractivity contribution in [1.29, 1.82) is 0 Å². The number of rotatable bonds is 6. The van der Waals surface area contributed by atoms with Gasteiger partial charge in [0.1, 0.15) is 6.34 Å². The molecule has 3 atom stereocenters. The molecule has 0 aromatic rings. The third-order valence-corrected chi connectivity index (χ3v) is 4.37. The second kappa shape index (κ2) is 6.69. The minimum atomic E-state index is -4.15. The molecule has 112 valence electrons. The van der Waals surface area contributed by atoms with Crippen LogP contribution in [0.2, 0.25) is 5.54 Å². The number of aliphatic imine (C=N–C) groups is 1. The summed E-state index contributed by atoms with van der Waals surface area (Å²) >= 11 is 0. The molecule has 3 unspecified atom stereocenters. The van der Waals surface area contributed by atoms with Gasteiger partial charge in [-0.15, -0.1) is 0 Å². The van der Waals surface area contributed by atoms with Gasteiger partial charge in [-0.2, -0.15) is 5.01 Å². The fraction of sp³-hybridized carbons (Fsp3) is 0.875. The molecule has 1 heterocycles. The molecule has 0 spiro atoms. The van der Waals surface area contributed by atoms with Gasteiger partial charge in [-0.05, 0) is 6.54 Å². The van der Waals surface area contributed by atoms with Crippen LogP contribution < -0.4 is 22.3 Å². The topological polar surface area (TPSA) is 156 Å². The van der Waals surface area contributed by atoms with Crippen LogP contribution in [0.4, 0.5) is 0 Å². The number of hydrazine groups is 2. The Kier molecular flexibility index (Phi) is 5.78. The summed E-state index contributed by atoms with van der Waals surface area (Å²) < 4.78 is 0. The van der Waals surface area contributed by atoms with E-state index < -0.39 is 26.9 Å². The van der Waals surface area contributed by atoms with Crippen molar-refractivity contribution >= 4 is 15.1 Å². The van der Waals surface area contributed by atoms with Crippen LogP contribution in [-0.2, 0) is 0 Å². The lowest BCUT2D eigenvalue weighted by Crippen LogP contribution is -2.69. The highest BCUT2D eigenvalue weighted by molar-refractivity contribution is 6.57. The van der Waals surface area contributed by atoms with Crippen molar-refractivity contribution < 1.29 is 14.4 Å². The maximum atomic E-state index is 9.17. The van der Waals surface area contributed by atoms with E-state index >= 15 is 0 Å². The van der Waals surface area contributed by atoms with E-state index in [2.05, 4.69) is 15.6 Å². The summed E-state index contributed by atoms with van der Waals surface area (Å²) in [6.07, 6.45) is 0.443. The lowest BCUT2D eigenvalue weighted by molar-refractivity contribution is 0.00321. The minimum Gasteiger partial charge on any atom is -0.390 e. The Bertz CT molecular complexity index is 313. The molecule has 0 aromatic carbocycles.